The number of aryl methyl sites for hydroxylation is 1. The minimum atomic E-state index is -0.468. The maximum atomic E-state index is 11.8. The average molecular weight is 335 g/mol. The Morgan fingerprint density at radius 1 is 1.50 bits per heavy atom. The number of nitrogens with one attached hydrogen (secondary N) is 1. The SMILES string of the molecule is CN=C(NCC(=O)OC(C)(C)C)N1CCC(Cc2cnn(C)c2)C1. The summed E-state index contributed by atoms with van der Waals surface area (Å²) in [5, 5.41) is 7.33. The number of carbonyl (C=O) groups is 1. The molecule has 24 heavy (non-hydrogen) atoms. The highest BCUT2D eigenvalue weighted by molar-refractivity contribution is 5.84. The molecule has 1 aromatic rings. The van der Waals surface area contributed by atoms with Crippen LogP contribution in [-0.2, 0) is 23.0 Å². The van der Waals surface area contributed by atoms with E-state index in [1.807, 2.05) is 38.7 Å². The molecule has 134 valence electrons. The number of hydrogen-bond donors (Lipinski definition) is 1. The van der Waals surface area contributed by atoms with Crippen LogP contribution < -0.4 is 5.32 Å². The number of likely N-dealkylation sites (tertiary alicyclic amines) is 1. The second-order valence-corrected chi connectivity index (χ2v) is 7.31. The molecule has 0 amide bonds. The van der Waals surface area contributed by atoms with Gasteiger partial charge in [0.15, 0.2) is 5.96 Å². The molecule has 1 aliphatic rings. The molecule has 0 aromatic carbocycles. The fraction of sp³-hybridized carbons (Fsp3) is 0.706. The Hall–Kier alpha value is -2.05. The molecule has 0 radical (unpaired) electrons. The third-order valence-corrected chi connectivity index (χ3v) is 3.89. The van der Waals surface area contributed by atoms with Crippen LogP contribution in [0.15, 0.2) is 17.4 Å². The first-order valence-corrected chi connectivity index (χ1v) is 8.42. The van der Waals surface area contributed by atoms with Gasteiger partial charge in [0.1, 0.15) is 12.1 Å². The molecule has 1 N–H and O–H groups in total. The average Bonchev–Trinajstić information content (AvgIpc) is 3.08. The van der Waals surface area contributed by atoms with E-state index in [4.69, 9.17) is 4.74 Å². The van der Waals surface area contributed by atoms with Crippen LogP contribution in [0.4, 0.5) is 0 Å². The lowest BCUT2D eigenvalue weighted by Gasteiger charge is -2.23. The maximum Gasteiger partial charge on any atom is 0.325 e. The fourth-order valence-electron chi connectivity index (χ4n) is 2.96. The van der Waals surface area contributed by atoms with Crippen LogP contribution in [0, 0.1) is 5.92 Å². The second kappa shape index (κ2) is 7.68. The van der Waals surface area contributed by atoms with Gasteiger partial charge in [-0.05, 0) is 45.1 Å². The molecular formula is C17H29N5O2. The van der Waals surface area contributed by atoms with Crippen LogP contribution in [0.5, 0.6) is 0 Å². The molecule has 0 aliphatic carbocycles. The molecular weight excluding hydrogens is 306 g/mol. The molecule has 2 heterocycles. The summed E-state index contributed by atoms with van der Waals surface area (Å²) in [4.78, 5) is 18.3. The van der Waals surface area contributed by atoms with Crippen LogP contribution in [-0.4, -0.2) is 58.9 Å². The van der Waals surface area contributed by atoms with E-state index in [1.165, 1.54) is 5.56 Å². The fourth-order valence-corrected chi connectivity index (χ4v) is 2.96. The van der Waals surface area contributed by atoms with Crippen molar-refractivity contribution in [3.05, 3.63) is 18.0 Å². The molecule has 1 saturated heterocycles. The Labute approximate surface area is 144 Å². The number of ether oxygens (including phenoxy) is 1. The molecule has 0 spiro atoms. The van der Waals surface area contributed by atoms with Gasteiger partial charge in [0.2, 0.25) is 0 Å². The third kappa shape index (κ3) is 5.54. The van der Waals surface area contributed by atoms with Crippen LogP contribution in [0.1, 0.15) is 32.8 Å². The van der Waals surface area contributed by atoms with Crippen molar-refractivity contribution in [2.24, 2.45) is 18.0 Å². The van der Waals surface area contributed by atoms with E-state index < -0.39 is 5.60 Å². The van der Waals surface area contributed by atoms with E-state index in [-0.39, 0.29) is 12.5 Å². The van der Waals surface area contributed by atoms with E-state index in [1.54, 1.807) is 7.05 Å². The number of aliphatic imine (C=N–C) groups is 1. The van der Waals surface area contributed by atoms with Crippen LogP contribution in [0.3, 0.4) is 0 Å². The standard InChI is InChI=1S/C17H29N5O2/c1-17(2,3)24-15(23)10-19-16(18-4)22-7-6-13(12-22)8-14-9-20-21(5)11-14/h9,11,13H,6-8,10,12H2,1-5H3,(H,18,19). The van der Waals surface area contributed by atoms with E-state index in [0.29, 0.717) is 5.92 Å². The third-order valence-electron chi connectivity index (χ3n) is 3.89. The summed E-state index contributed by atoms with van der Waals surface area (Å²) in [5.41, 5.74) is 0.797. The summed E-state index contributed by atoms with van der Waals surface area (Å²) in [7, 11) is 3.68. The first-order chi connectivity index (χ1) is 11.3. The van der Waals surface area contributed by atoms with Gasteiger partial charge in [-0.3, -0.25) is 14.5 Å². The van der Waals surface area contributed by atoms with Gasteiger partial charge in [0.25, 0.3) is 0 Å². The lowest BCUT2D eigenvalue weighted by atomic mass is 10.0. The highest BCUT2D eigenvalue weighted by Gasteiger charge is 2.26. The highest BCUT2D eigenvalue weighted by Crippen LogP contribution is 2.20. The topological polar surface area (TPSA) is 71.8 Å². The van der Waals surface area contributed by atoms with Gasteiger partial charge < -0.3 is 15.0 Å². The molecule has 1 fully saturated rings. The number of aromatic nitrogens is 2. The van der Waals surface area contributed by atoms with E-state index in [0.717, 1.165) is 31.9 Å². The van der Waals surface area contributed by atoms with Crippen molar-refractivity contribution in [1.82, 2.24) is 20.0 Å². The normalized spacial score (nSPS) is 18.8. The van der Waals surface area contributed by atoms with E-state index in [2.05, 4.69) is 26.5 Å². The molecule has 0 saturated carbocycles. The minimum absolute atomic E-state index is 0.133. The molecule has 1 unspecified atom stereocenters. The molecule has 1 aliphatic heterocycles. The van der Waals surface area contributed by atoms with Gasteiger partial charge in [0, 0.05) is 33.4 Å². The highest BCUT2D eigenvalue weighted by atomic mass is 16.6. The summed E-state index contributed by atoms with van der Waals surface area (Å²) in [6.45, 7) is 7.60. The smallest absolute Gasteiger partial charge is 0.325 e. The predicted molar refractivity (Wildman–Crippen MR) is 93.8 cm³/mol. The Morgan fingerprint density at radius 2 is 2.25 bits per heavy atom. The summed E-state index contributed by atoms with van der Waals surface area (Å²) in [6, 6.07) is 0. The minimum Gasteiger partial charge on any atom is -0.459 e. The summed E-state index contributed by atoms with van der Waals surface area (Å²) in [5.74, 6) is 1.07. The quantitative estimate of drug-likeness (QED) is 0.509. The molecule has 1 atom stereocenters. The zero-order valence-electron chi connectivity index (χ0n) is 15.4. The van der Waals surface area contributed by atoms with E-state index >= 15 is 0 Å². The molecule has 7 heteroatoms. The van der Waals surface area contributed by atoms with Crippen molar-refractivity contribution in [2.45, 2.75) is 39.2 Å². The summed E-state index contributed by atoms with van der Waals surface area (Å²) in [6.07, 6.45) is 6.13. The maximum absolute atomic E-state index is 11.8. The lowest BCUT2D eigenvalue weighted by molar-refractivity contribution is -0.153. The molecule has 2 rings (SSSR count). The van der Waals surface area contributed by atoms with Gasteiger partial charge in [-0.25, -0.2) is 0 Å². The first-order valence-electron chi connectivity index (χ1n) is 8.42. The Kier molecular flexibility index (Phi) is 5.85. The summed E-state index contributed by atoms with van der Waals surface area (Å²) < 4.78 is 7.15. The summed E-state index contributed by atoms with van der Waals surface area (Å²) >= 11 is 0. The van der Waals surface area contributed by atoms with Gasteiger partial charge in [-0.2, -0.15) is 5.10 Å². The van der Waals surface area contributed by atoms with Crippen molar-refractivity contribution < 1.29 is 9.53 Å². The Balaban J connectivity index is 1.81. The van der Waals surface area contributed by atoms with Crippen molar-refractivity contribution in [3.8, 4) is 0 Å². The number of rotatable bonds is 4. The molecule has 1 aromatic heterocycles. The number of nitrogens with zero attached hydrogens (tertiary/aromatic N) is 4. The van der Waals surface area contributed by atoms with Crippen molar-refractivity contribution in [1.29, 1.82) is 0 Å². The number of esters is 1. The Morgan fingerprint density at radius 3 is 2.83 bits per heavy atom. The van der Waals surface area contributed by atoms with E-state index in [9.17, 15) is 4.79 Å². The van der Waals surface area contributed by atoms with Crippen LogP contribution >= 0.6 is 0 Å². The largest absolute Gasteiger partial charge is 0.459 e. The number of hydrogen-bond acceptors (Lipinski definition) is 4. The zero-order valence-corrected chi connectivity index (χ0v) is 15.4. The predicted octanol–water partition coefficient (Wildman–Crippen LogP) is 1.20. The van der Waals surface area contributed by atoms with Crippen LogP contribution in [0.2, 0.25) is 0 Å². The lowest BCUT2D eigenvalue weighted by Crippen LogP contribution is -2.43. The van der Waals surface area contributed by atoms with Gasteiger partial charge in [0.05, 0.1) is 6.20 Å². The van der Waals surface area contributed by atoms with Crippen molar-refractivity contribution in [3.63, 3.8) is 0 Å². The second-order valence-electron chi connectivity index (χ2n) is 7.31. The zero-order chi connectivity index (χ0) is 17.7. The van der Waals surface area contributed by atoms with Gasteiger partial charge >= 0.3 is 5.97 Å². The van der Waals surface area contributed by atoms with Gasteiger partial charge in [-0.15, -0.1) is 0 Å². The monoisotopic (exact) mass is 335 g/mol. The van der Waals surface area contributed by atoms with Crippen molar-refractivity contribution >= 4 is 11.9 Å². The van der Waals surface area contributed by atoms with Crippen molar-refractivity contribution in [2.75, 3.05) is 26.7 Å². The first kappa shape index (κ1) is 18.3. The van der Waals surface area contributed by atoms with Gasteiger partial charge in [-0.1, -0.05) is 0 Å². The van der Waals surface area contributed by atoms with Crippen LogP contribution in [0.25, 0.3) is 0 Å². The number of guanidine groups is 1. The molecule has 7 nitrogen and oxygen atoms in total. The Bertz CT molecular complexity index is 588. The molecule has 0 bridgehead atoms. The number of carbonyl (C=O) groups excluding carboxylic acids is 1.